The first-order chi connectivity index (χ1) is 10.1. The van der Waals surface area contributed by atoms with Crippen LogP contribution in [0.3, 0.4) is 0 Å². The normalized spacial score (nSPS) is 11.0. The molecule has 21 heavy (non-hydrogen) atoms. The molecule has 0 radical (unpaired) electrons. The Bertz CT molecular complexity index is 851. The van der Waals surface area contributed by atoms with Crippen LogP contribution in [-0.4, -0.2) is 30.9 Å². The molecule has 0 aliphatic rings. The number of benzene rings is 1. The van der Waals surface area contributed by atoms with E-state index in [9.17, 15) is 10.1 Å². The first-order valence-corrected chi connectivity index (χ1v) is 7.40. The summed E-state index contributed by atoms with van der Waals surface area (Å²) in [4.78, 5) is 18.8. The Hall–Kier alpha value is -2.19. The summed E-state index contributed by atoms with van der Waals surface area (Å²) in [6, 6.07) is 6.17. The molecule has 106 valence electrons. The predicted octanol–water partition coefficient (Wildman–Crippen LogP) is 3.10. The largest absolute Gasteiger partial charge is 0.271 e. The van der Waals surface area contributed by atoms with Gasteiger partial charge in [0.15, 0.2) is 10.8 Å². The van der Waals surface area contributed by atoms with Crippen LogP contribution >= 0.6 is 23.4 Å². The molecule has 0 fully saturated rings. The lowest BCUT2D eigenvalue weighted by Gasteiger charge is -1.99. The van der Waals surface area contributed by atoms with Gasteiger partial charge in [-0.25, -0.2) is 14.6 Å². The molecule has 2 aromatic heterocycles. The standard InChI is InChI=1S/C12H8ClN5O2S/c1-21-12-14-10(13)9-6-17(16-11(9)15-12)7-3-2-4-8(5-7)18(19)20/h2-6H,1H3. The van der Waals surface area contributed by atoms with Crippen LogP contribution in [0.4, 0.5) is 5.69 Å². The molecule has 9 heteroatoms. The van der Waals surface area contributed by atoms with Gasteiger partial charge in [-0.2, -0.15) is 0 Å². The molecule has 0 atom stereocenters. The van der Waals surface area contributed by atoms with Crippen molar-refractivity contribution in [1.82, 2.24) is 19.7 Å². The summed E-state index contributed by atoms with van der Waals surface area (Å²) in [5, 5.41) is 16.6. The van der Waals surface area contributed by atoms with E-state index in [0.29, 0.717) is 27.0 Å². The van der Waals surface area contributed by atoms with E-state index in [2.05, 4.69) is 15.1 Å². The van der Waals surface area contributed by atoms with Gasteiger partial charge in [-0.15, -0.1) is 5.10 Å². The van der Waals surface area contributed by atoms with Gasteiger partial charge >= 0.3 is 0 Å². The molecular weight excluding hydrogens is 314 g/mol. The Balaban J connectivity index is 2.15. The predicted molar refractivity (Wildman–Crippen MR) is 80.1 cm³/mol. The van der Waals surface area contributed by atoms with Crippen molar-refractivity contribution in [2.45, 2.75) is 5.16 Å². The van der Waals surface area contributed by atoms with Crippen molar-refractivity contribution in [2.75, 3.05) is 6.26 Å². The molecule has 1 aromatic carbocycles. The van der Waals surface area contributed by atoms with Crippen LogP contribution in [0.1, 0.15) is 0 Å². The van der Waals surface area contributed by atoms with Gasteiger partial charge in [-0.1, -0.05) is 29.4 Å². The minimum absolute atomic E-state index is 0.00552. The highest BCUT2D eigenvalue weighted by molar-refractivity contribution is 7.98. The van der Waals surface area contributed by atoms with Crippen LogP contribution < -0.4 is 0 Å². The molecule has 0 bridgehead atoms. The van der Waals surface area contributed by atoms with E-state index in [4.69, 9.17) is 11.6 Å². The zero-order valence-corrected chi connectivity index (χ0v) is 12.3. The van der Waals surface area contributed by atoms with E-state index in [1.807, 2.05) is 6.26 Å². The minimum Gasteiger partial charge on any atom is -0.258 e. The van der Waals surface area contributed by atoms with Gasteiger partial charge in [-0.05, 0) is 12.3 Å². The molecule has 3 aromatic rings. The first kappa shape index (κ1) is 13.8. The van der Waals surface area contributed by atoms with Crippen molar-refractivity contribution in [3.05, 3.63) is 45.7 Å². The number of nitro groups is 1. The molecule has 7 nitrogen and oxygen atoms in total. The maximum Gasteiger partial charge on any atom is 0.271 e. The lowest BCUT2D eigenvalue weighted by atomic mass is 10.3. The summed E-state index contributed by atoms with van der Waals surface area (Å²) < 4.78 is 1.50. The summed E-state index contributed by atoms with van der Waals surface area (Å²) in [7, 11) is 0. The molecule has 0 aliphatic carbocycles. The Morgan fingerprint density at radius 2 is 2.19 bits per heavy atom. The molecule has 0 spiro atoms. The average Bonchev–Trinajstić information content (AvgIpc) is 2.92. The second kappa shape index (κ2) is 5.30. The topological polar surface area (TPSA) is 86.7 Å². The molecule has 0 N–H and O–H groups in total. The van der Waals surface area contributed by atoms with Gasteiger partial charge in [0, 0.05) is 18.3 Å². The maximum atomic E-state index is 10.8. The lowest BCUT2D eigenvalue weighted by molar-refractivity contribution is -0.384. The smallest absolute Gasteiger partial charge is 0.258 e. The Kier molecular flexibility index (Phi) is 3.48. The van der Waals surface area contributed by atoms with Gasteiger partial charge < -0.3 is 0 Å². The molecule has 0 saturated heterocycles. The Morgan fingerprint density at radius 1 is 1.38 bits per heavy atom. The van der Waals surface area contributed by atoms with E-state index in [1.54, 1.807) is 18.3 Å². The summed E-state index contributed by atoms with van der Waals surface area (Å²) >= 11 is 7.46. The van der Waals surface area contributed by atoms with E-state index >= 15 is 0 Å². The monoisotopic (exact) mass is 321 g/mol. The molecular formula is C12H8ClN5O2S. The Morgan fingerprint density at radius 3 is 2.90 bits per heavy atom. The second-order valence-corrected chi connectivity index (χ2v) is 5.22. The van der Waals surface area contributed by atoms with Crippen molar-refractivity contribution in [3.8, 4) is 5.69 Å². The average molecular weight is 322 g/mol. The highest BCUT2D eigenvalue weighted by Crippen LogP contribution is 2.24. The Labute approximate surface area is 128 Å². The zero-order valence-electron chi connectivity index (χ0n) is 10.7. The maximum absolute atomic E-state index is 10.8. The third kappa shape index (κ3) is 2.55. The number of thioether (sulfide) groups is 1. The number of fused-ring (bicyclic) bond motifs is 1. The van der Waals surface area contributed by atoms with E-state index in [0.717, 1.165) is 0 Å². The van der Waals surface area contributed by atoms with Crippen molar-refractivity contribution in [2.24, 2.45) is 0 Å². The molecule has 2 heterocycles. The third-order valence-electron chi connectivity index (χ3n) is 2.80. The van der Waals surface area contributed by atoms with Crippen LogP contribution in [0.2, 0.25) is 5.15 Å². The third-order valence-corrected chi connectivity index (χ3v) is 3.64. The van der Waals surface area contributed by atoms with Crippen molar-refractivity contribution < 1.29 is 4.92 Å². The van der Waals surface area contributed by atoms with E-state index < -0.39 is 4.92 Å². The quantitative estimate of drug-likeness (QED) is 0.242. The lowest BCUT2D eigenvalue weighted by Crippen LogP contribution is -1.96. The molecule has 0 saturated carbocycles. The van der Waals surface area contributed by atoms with Crippen LogP contribution in [0.5, 0.6) is 0 Å². The number of aromatic nitrogens is 4. The van der Waals surface area contributed by atoms with Gasteiger partial charge in [-0.3, -0.25) is 10.1 Å². The molecule has 0 aliphatic heterocycles. The number of hydrogen-bond donors (Lipinski definition) is 0. The highest BCUT2D eigenvalue weighted by atomic mass is 35.5. The van der Waals surface area contributed by atoms with Gasteiger partial charge in [0.1, 0.15) is 5.15 Å². The van der Waals surface area contributed by atoms with Crippen molar-refractivity contribution in [1.29, 1.82) is 0 Å². The highest BCUT2D eigenvalue weighted by Gasteiger charge is 2.12. The van der Waals surface area contributed by atoms with Crippen LogP contribution in [0.25, 0.3) is 16.7 Å². The minimum atomic E-state index is -0.453. The van der Waals surface area contributed by atoms with Crippen molar-refractivity contribution in [3.63, 3.8) is 0 Å². The number of nitrogens with zero attached hydrogens (tertiary/aromatic N) is 5. The SMILES string of the molecule is CSc1nc(Cl)c2cn(-c3cccc([N+](=O)[O-])c3)nc2n1. The first-order valence-electron chi connectivity index (χ1n) is 5.80. The zero-order chi connectivity index (χ0) is 15.0. The fourth-order valence-corrected chi connectivity index (χ4v) is 2.45. The number of rotatable bonds is 3. The molecule has 3 rings (SSSR count). The van der Waals surface area contributed by atoms with Crippen LogP contribution in [-0.2, 0) is 0 Å². The van der Waals surface area contributed by atoms with Gasteiger partial charge in [0.2, 0.25) is 0 Å². The van der Waals surface area contributed by atoms with Gasteiger partial charge in [0.25, 0.3) is 5.69 Å². The van der Waals surface area contributed by atoms with Gasteiger partial charge in [0.05, 0.1) is 16.0 Å². The number of nitro benzene ring substituents is 1. The molecule has 0 unspecified atom stereocenters. The molecule has 0 amide bonds. The van der Waals surface area contributed by atoms with Crippen LogP contribution in [0.15, 0.2) is 35.6 Å². The summed E-state index contributed by atoms with van der Waals surface area (Å²) in [6.07, 6.45) is 3.50. The van der Waals surface area contributed by atoms with E-state index in [1.165, 1.54) is 28.6 Å². The number of halogens is 1. The van der Waals surface area contributed by atoms with Crippen LogP contribution in [0, 0.1) is 10.1 Å². The fraction of sp³-hybridized carbons (Fsp3) is 0.0833. The second-order valence-electron chi connectivity index (χ2n) is 4.09. The summed E-state index contributed by atoms with van der Waals surface area (Å²) in [5.41, 5.74) is 1.00. The van der Waals surface area contributed by atoms with Crippen molar-refractivity contribution >= 4 is 40.1 Å². The summed E-state index contributed by atoms with van der Waals surface area (Å²) in [6.45, 7) is 0. The number of hydrogen-bond acceptors (Lipinski definition) is 6. The fourth-order valence-electron chi connectivity index (χ4n) is 1.83. The number of non-ortho nitro benzene ring substituents is 1. The summed E-state index contributed by atoms with van der Waals surface area (Å²) in [5.74, 6) is 0. The van der Waals surface area contributed by atoms with E-state index in [-0.39, 0.29) is 5.69 Å².